The summed E-state index contributed by atoms with van der Waals surface area (Å²) in [5.41, 5.74) is 5.97. The van der Waals surface area contributed by atoms with Gasteiger partial charge in [-0.15, -0.1) is 0 Å². The van der Waals surface area contributed by atoms with Gasteiger partial charge in [-0.2, -0.15) is 0 Å². The number of aromatic amines is 1. The SMILES string of the molecule is CC(C)(C)OC(=O)Nc1ccc(F)c(-c2cnc(N)[nH]2)c1. The van der Waals surface area contributed by atoms with E-state index in [0.717, 1.165) is 0 Å². The van der Waals surface area contributed by atoms with Crippen molar-refractivity contribution in [2.45, 2.75) is 26.4 Å². The van der Waals surface area contributed by atoms with Gasteiger partial charge in [0, 0.05) is 11.3 Å². The van der Waals surface area contributed by atoms with E-state index in [-0.39, 0.29) is 11.5 Å². The molecule has 0 bridgehead atoms. The highest BCUT2D eigenvalue weighted by atomic mass is 19.1. The third kappa shape index (κ3) is 3.95. The highest BCUT2D eigenvalue weighted by molar-refractivity contribution is 5.86. The first kappa shape index (κ1) is 14.8. The molecule has 1 aromatic carbocycles. The average molecular weight is 292 g/mol. The predicted octanol–water partition coefficient (Wildman–Crippen LogP) is 3.15. The molecular weight excluding hydrogens is 275 g/mol. The van der Waals surface area contributed by atoms with Crippen LogP contribution in [-0.2, 0) is 4.74 Å². The number of halogens is 1. The summed E-state index contributed by atoms with van der Waals surface area (Å²) >= 11 is 0. The van der Waals surface area contributed by atoms with E-state index in [1.807, 2.05) is 0 Å². The number of benzene rings is 1. The van der Waals surface area contributed by atoms with E-state index in [2.05, 4.69) is 15.3 Å². The van der Waals surface area contributed by atoms with Crippen molar-refractivity contribution in [1.82, 2.24) is 9.97 Å². The van der Waals surface area contributed by atoms with Crippen LogP contribution in [0.1, 0.15) is 20.8 Å². The second-order valence-corrected chi connectivity index (χ2v) is 5.50. The van der Waals surface area contributed by atoms with Crippen molar-refractivity contribution in [3.63, 3.8) is 0 Å². The van der Waals surface area contributed by atoms with Crippen LogP contribution in [0.5, 0.6) is 0 Å². The monoisotopic (exact) mass is 292 g/mol. The number of nitrogens with zero attached hydrogens (tertiary/aromatic N) is 1. The lowest BCUT2D eigenvalue weighted by Crippen LogP contribution is -2.27. The fraction of sp³-hybridized carbons (Fsp3) is 0.286. The van der Waals surface area contributed by atoms with E-state index < -0.39 is 17.5 Å². The van der Waals surface area contributed by atoms with Gasteiger partial charge in [0.1, 0.15) is 11.4 Å². The molecular formula is C14H17FN4O2. The van der Waals surface area contributed by atoms with Crippen LogP contribution in [0, 0.1) is 5.82 Å². The lowest BCUT2D eigenvalue weighted by atomic mass is 10.1. The van der Waals surface area contributed by atoms with Gasteiger partial charge in [0.05, 0.1) is 11.9 Å². The summed E-state index contributed by atoms with van der Waals surface area (Å²) in [6, 6.07) is 4.17. The highest BCUT2D eigenvalue weighted by Crippen LogP contribution is 2.25. The van der Waals surface area contributed by atoms with Crippen LogP contribution in [0.2, 0.25) is 0 Å². The molecule has 0 unspecified atom stereocenters. The zero-order valence-corrected chi connectivity index (χ0v) is 12.0. The van der Waals surface area contributed by atoms with E-state index in [1.54, 1.807) is 20.8 Å². The second-order valence-electron chi connectivity index (χ2n) is 5.50. The number of nitrogen functional groups attached to an aromatic ring is 1. The van der Waals surface area contributed by atoms with E-state index in [0.29, 0.717) is 11.4 Å². The Balaban J connectivity index is 2.21. The van der Waals surface area contributed by atoms with E-state index >= 15 is 0 Å². The number of nitrogens with one attached hydrogen (secondary N) is 2. The van der Waals surface area contributed by atoms with Gasteiger partial charge in [-0.1, -0.05) is 0 Å². The molecule has 112 valence electrons. The van der Waals surface area contributed by atoms with E-state index in [4.69, 9.17) is 10.5 Å². The quantitative estimate of drug-likeness (QED) is 0.792. The van der Waals surface area contributed by atoms with Crippen LogP contribution < -0.4 is 11.1 Å². The molecule has 4 N–H and O–H groups in total. The van der Waals surface area contributed by atoms with Gasteiger partial charge in [0.15, 0.2) is 5.95 Å². The summed E-state index contributed by atoms with van der Waals surface area (Å²) < 4.78 is 19.0. The minimum atomic E-state index is -0.607. The number of hydrogen-bond donors (Lipinski definition) is 3. The van der Waals surface area contributed by atoms with Crippen LogP contribution in [0.25, 0.3) is 11.3 Å². The van der Waals surface area contributed by atoms with Gasteiger partial charge in [-0.3, -0.25) is 5.32 Å². The van der Waals surface area contributed by atoms with Crippen molar-refractivity contribution in [2.75, 3.05) is 11.1 Å². The maximum absolute atomic E-state index is 13.8. The van der Waals surface area contributed by atoms with Gasteiger partial charge in [-0.25, -0.2) is 14.2 Å². The molecule has 0 radical (unpaired) electrons. The Hall–Kier alpha value is -2.57. The van der Waals surface area contributed by atoms with Crippen LogP contribution in [-0.4, -0.2) is 21.7 Å². The Morgan fingerprint density at radius 2 is 2.14 bits per heavy atom. The number of imidazole rings is 1. The molecule has 1 amide bonds. The smallest absolute Gasteiger partial charge is 0.412 e. The van der Waals surface area contributed by atoms with Gasteiger partial charge in [0.25, 0.3) is 0 Å². The molecule has 0 saturated carbocycles. The normalized spacial score (nSPS) is 11.2. The van der Waals surface area contributed by atoms with Crippen molar-refractivity contribution < 1.29 is 13.9 Å². The molecule has 0 atom stereocenters. The minimum Gasteiger partial charge on any atom is -0.444 e. The van der Waals surface area contributed by atoms with Gasteiger partial charge >= 0.3 is 6.09 Å². The molecule has 2 aromatic rings. The Kier molecular flexibility index (Phi) is 3.84. The maximum atomic E-state index is 13.8. The predicted molar refractivity (Wildman–Crippen MR) is 78.3 cm³/mol. The number of H-pyrrole nitrogens is 1. The number of anilines is 2. The molecule has 0 aliphatic carbocycles. The van der Waals surface area contributed by atoms with Crippen molar-refractivity contribution >= 4 is 17.7 Å². The number of ether oxygens (including phenoxy) is 1. The summed E-state index contributed by atoms with van der Waals surface area (Å²) in [5.74, 6) is -0.261. The fourth-order valence-electron chi connectivity index (χ4n) is 1.70. The minimum absolute atomic E-state index is 0.190. The Bertz CT molecular complexity index is 661. The van der Waals surface area contributed by atoms with E-state index in [1.165, 1.54) is 24.4 Å². The lowest BCUT2D eigenvalue weighted by Gasteiger charge is -2.19. The fourth-order valence-corrected chi connectivity index (χ4v) is 1.70. The Labute approximate surface area is 121 Å². The van der Waals surface area contributed by atoms with E-state index in [9.17, 15) is 9.18 Å². The highest BCUT2D eigenvalue weighted by Gasteiger charge is 2.17. The maximum Gasteiger partial charge on any atom is 0.412 e. The molecule has 1 heterocycles. The standard InChI is InChI=1S/C14H17FN4O2/c1-14(2,3)21-13(20)18-8-4-5-10(15)9(6-8)11-7-17-12(16)19-11/h4-7H,1-3H3,(H,18,20)(H3,16,17,19). The summed E-state index contributed by atoms with van der Waals surface area (Å²) in [6.45, 7) is 5.28. The zero-order valence-electron chi connectivity index (χ0n) is 12.0. The first-order valence-corrected chi connectivity index (χ1v) is 6.35. The van der Waals surface area contributed by atoms with Crippen LogP contribution in [0.15, 0.2) is 24.4 Å². The summed E-state index contributed by atoms with van der Waals surface area (Å²) in [7, 11) is 0. The van der Waals surface area contributed by atoms with Crippen LogP contribution >= 0.6 is 0 Å². The molecule has 0 aliphatic heterocycles. The summed E-state index contributed by atoms with van der Waals surface area (Å²) in [4.78, 5) is 18.2. The molecule has 0 fully saturated rings. The molecule has 7 heteroatoms. The number of hydrogen-bond acceptors (Lipinski definition) is 4. The van der Waals surface area contributed by atoms with Gasteiger partial charge in [-0.05, 0) is 39.0 Å². The first-order chi connectivity index (χ1) is 9.74. The number of rotatable bonds is 2. The second kappa shape index (κ2) is 5.43. The van der Waals surface area contributed by atoms with Crippen molar-refractivity contribution in [1.29, 1.82) is 0 Å². The number of aromatic nitrogens is 2. The Morgan fingerprint density at radius 1 is 1.43 bits per heavy atom. The molecule has 0 saturated heterocycles. The zero-order chi connectivity index (χ0) is 15.6. The van der Waals surface area contributed by atoms with Crippen LogP contribution in [0.3, 0.4) is 0 Å². The lowest BCUT2D eigenvalue weighted by molar-refractivity contribution is 0.0636. The van der Waals surface area contributed by atoms with Crippen LogP contribution in [0.4, 0.5) is 20.8 Å². The molecule has 21 heavy (non-hydrogen) atoms. The van der Waals surface area contributed by atoms with Crippen molar-refractivity contribution in [2.24, 2.45) is 0 Å². The molecule has 0 spiro atoms. The number of nitrogens with two attached hydrogens (primary N) is 1. The topological polar surface area (TPSA) is 93.0 Å². The number of carbonyl (C=O) groups is 1. The van der Waals surface area contributed by atoms with Crippen molar-refractivity contribution in [3.8, 4) is 11.3 Å². The number of carbonyl (C=O) groups excluding carboxylic acids is 1. The number of amides is 1. The first-order valence-electron chi connectivity index (χ1n) is 6.35. The molecule has 6 nitrogen and oxygen atoms in total. The van der Waals surface area contributed by atoms with Gasteiger partial charge < -0.3 is 15.5 Å². The summed E-state index contributed by atoms with van der Waals surface area (Å²) in [6.07, 6.45) is 0.814. The Morgan fingerprint density at radius 3 is 2.71 bits per heavy atom. The molecule has 1 aromatic heterocycles. The largest absolute Gasteiger partial charge is 0.444 e. The summed E-state index contributed by atoms with van der Waals surface area (Å²) in [5, 5.41) is 2.55. The van der Waals surface area contributed by atoms with Gasteiger partial charge in [0.2, 0.25) is 0 Å². The average Bonchev–Trinajstić information content (AvgIpc) is 2.76. The van der Waals surface area contributed by atoms with Crippen molar-refractivity contribution in [3.05, 3.63) is 30.2 Å². The molecule has 0 aliphatic rings. The third-order valence-electron chi connectivity index (χ3n) is 2.50. The third-order valence-corrected chi connectivity index (χ3v) is 2.50. The molecule has 2 rings (SSSR count).